The van der Waals surface area contributed by atoms with Crippen LogP contribution in [0.1, 0.15) is 16.5 Å². The molecule has 0 saturated carbocycles. The quantitative estimate of drug-likeness (QED) is 0.900. The summed E-state index contributed by atoms with van der Waals surface area (Å²) in [7, 11) is 3.33. The molecule has 1 unspecified atom stereocenters. The molecular formula is C14H16BrNO2S. The first-order valence-electron chi connectivity index (χ1n) is 5.84. The van der Waals surface area contributed by atoms with E-state index in [1.54, 1.807) is 25.6 Å². The summed E-state index contributed by atoms with van der Waals surface area (Å²) in [5.74, 6) is 1.72. The van der Waals surface area contributed by atoms with Crippen LogP contribution in [0.4, 0.5) is 0 Å². The zero-order chi connectivity index (χ0) is 13.8. The average molecular weight is 342 g/mol. The lowest BCUT2D eigenvalue weighted by molar-refractivity contribution is 0.408. The van der Waals surface area contributed by atoms with Crippen molar-refractivity contribution < 1.29 is 9.47 Å². The van der Waals surface area contributed by atoms with E-state index < -0.39 is 0 Å². The van der Waals surface area contributed by atoms with Crippen LogP contribution in [0.25, 0.3) is 0 Å². The fraction of sp³-hybridized carbons (Fsp3) is 0.286. The van der Waals surface area contributed by atoms with Gasteiger partial charge in [0.1, 0.15) is 11.5 Å². The Balaban J connectivity index is 2.18. The maximum absolute atomic E-state index is 6.25. The number of rotatable bonds is 5. The van der Waals surface area contributed by atoms with Gasteiger partial charge in [0.25, 0.3) is 0 Å². The lowest BCUT2D eigenvalue weighted by Crippen LogP contribution is -2.12. The maximum Gasteiger partial charge on any atom is 0.129 e. The van der Waals surface area contributed by atoms with Crippen LogP contribution < -0.4 is 15.2 Å². The Morgan fingerprint density at radius 3 is 2.68 bits per heavy atom. The fourth-order valence-electron chi connectivity index (χ4n) is 1.88. The highest BCUT2D eigenvalue weighted by atomic mass is 79.9. The third kappa shape index (κ3) is 3.49. The molecule has 19 heavy (non-hydrogen) atoms. The molecule has 2 rings (SSSR count). The van der Waals surface area contributed by atoms with Crippen LogP contribution in [-0.2, 0) is 6.42 Å². The Morgan fingerprint density at radius 1 is 1.26 bits per heavy atom. The minimum Gasteiger partial charge on any atom is -0.496 e. The third-order valence-corrected chi connectivity index (χ3v) is 4.42. The Bertz CT molecular complexity index is 556. The lowest BCUT2D eigenvalue weighted by Gasteiger charge is -2.13. The summed E-state index contributed by atoms with van der Waals surface area (Å²) >= 11 is 5.09. The number of benzene rings is 1. The Hall–Kier alpha value is -1.04. The van der Waals surface area contributed by atoms with Crippen molar-refractivity contribution in [1.82, 2.24) is 0 Å². The number of methoxy groups -OCH3 is 2. The van der Waals surface area contributed by atoms with Crippen LogP contribution in [0.5, 0.6) is 11.5 Å². The molecule has 0 bridgehead atoms. The van der Waals surface area contributed by atoms with Gasteiger partial charge in [-0.25, -0.2) is 0 Å². The number of halogens is 1. The fourth-order valence-corrected chi connectivity index (χ4v) is 3.15. The van der Waals surface area contributed by atoms with E-state index >= 15 is 0 Å². The second-order valence-corrected chi connectivity index (χ2v) is 6.01. The highest BCUT2D eigenvalue weighted by Gasteiger charge is 2.13. The number of thiophene rings is 1. The average Bonchev–Trinajstić information content (AvgIpc) is 2.88. The highest BCUT2D eigenvalue weighted by Crippen LogP contribution is 2.31. The first-order valence-corrected chi connectivity index (χ1v) is 7.51. The van der Waals surface area contributed by atoms with Gasteiger partial charge in [-0.3, -0.25) is 0 Å². The van der Waals surface area contributed by atoms with Crippen LogP contribution in [0.2, 0.25) is 0 Å². The SMILES string of the molecule is COc1csc(C(N)Cc2cc(Br)ccc2OC)c1. The van der Waals surface area contributed by atoms with E-state index in [9.17, 15) is 0 Å². The summed E-state index contributed by atoms with van der Waals surface area (Å²) in [6.07, 6.45) is 0.728. The van der Waals surface area contributed by atoms with Crippen LogP contribution in [0, 0.1) is 0 Å². The van der Waals surface area contributed by atoms with Gasteiger partial charge in [-0.2, -0.15) is 0 Å². The molecule has 1 heterocycles. The molecule has 0 saturated heterocycles. The predicted octanol–water partition coefficient (Wildman–Crippen LogP) is 3.77. The standard InChI is InChI=1S/C14H16BrNO2S/c1-17-11-7-14(19-8-11)12(16)6-9-5-10(15)3-4-13(9)18-2/h3-5,7-8,12H,6,16H2,1-2H3. The van der Waals surface area contributed by atoms with Crippen molar-refractivity contribution in [3.05, 3.63) is 44.6 Å². The molecule has 0 radical (unpaired) electrons. The van der Waals surface area contributed by atoms with Gasteiger partial charge in [-0.05, 0) is 36.2 Å². The van der Waals surface area contributed by atoms with Gasteiger partial charge in [-0.1, -0.05) is 15.9 Å². The molecule has 1 aromatic heterocycles. The maximum atomic E-state index is 6.25. The lowest BCUT2D eigenvalue weighted by atomic mass is 10.0. The van der Waals surface area contributed by atoms with Gasteiger partial charge in [0.15, 0.2) is 0 Å². The minimum atomic E-state index is -0.0582. The van der Waals surface area contributed by atoms with Crippen molar-refractivity contribution in [2.75, 3.05) is 14.2 Å². The first-order chi connectivity index (χ1) is 9.13. The number of nitrogens with two attached hydrogens (primary N) is 1. The van der Waals surface area contributed by atoms with E-state index in [1.807, 2.05) is 29.6 Å². The molecule has 0 fully saturated rings. The summed E-state index contributed by atoms with van der Waals surface area (Å²) in [6, 6.07) is 7.88. The Kier molecular flexibility index (Phi) is 4.85. The molecule has 1 atom stereocenters. The summed E-state index contributed by atoms with van der Waals surface area (Å²) in [6.45, 7) is 0. The predicted molar refractivity (Wildman–Crippen MR) is 82.2 cm³/mol. The van der Waals surface area contributed by atoms with Gasteiger partial charge >= 0.3 is 0 Å². The molecule has 0 aliphatic heterocycles. The third-order valence-electron chi connectivity index (χ3n) is 2.88. The van der Waals surface area contributed by atoms with E-state index in [2.05, 4.69) is 15.9 Å². The van der Waals surface area contributed by atoms with E-state index in [0.29, 0.717) is 0 Å². The number of hydrogen-bond donors (Lipinski definition) is 1. The first kappa shape index (κ1) is 14.4. The summed E-state index contributed by atoms with van der Waals surface area (Å²) in [5, 5.41) is 1.97. The van der Waals surface area contributed by atoms with E-state index in [0.717, 1.165) is 32.8 Å². The molecular weight excluding hydrogens is 326 g/mol. The molecule has 2 aromatic rings. The normalized spacial score (nSPS) is 12.2. The number of ether oxygens (including phenoxy) is 2. The Morgan fingerprint density at radius 2 is 2.05 bits per heavy atom. The largest absolute Gasteiger partial charge is 0.496 e. The van der Waals surface area contributed by atoms with Crippen molar-refractivity contribution in [1.29, 1.82) is 0 Å². The molecule has 0 aliphatic carbocycles. The van der Waals surface area contributed by atoms with Gasteiger partial charge in [0.2, 0.25) is 0 Å². The van der Waals surface area contributed by atoms with Gasteiger partial charge in [-0.15, -0.1) is 11.3 Å². The molecule has 0 amide bonds. The van der Waals surface area contributed by atoms with Crippen molar-refractivity contribution in [3.8, 4) is 11.5 Å². The molecule has 5 heteroatoms. The van der Waals surface area contributed by atoms with Crippen molar-refractivity contribution in [2.45, 2.75) is 12.5 Å². The van der Waals surface area contributed by atoms with E-state index in [-0.39, 0.29) is 6.04 Å². The van der Waals surface area contributed by atoms with Crippen molar-refractivity contribution in [3.63, 3.8) is 0 Å². The second kappa shape index (κ2) is 6.41. The summed E-state index contributed by atoms with van der Waals surface area (Å²) < 4.78 is 11.6. The van der Waals surface area contributed by atoms with E-state index in [4.69, 9.17) is 15.2 Å². The molecule has 0 spiro atoms. The number of hydrogen-bond acceptors (Lipinski definition) is 4. The Labute approximate surface area is 125 Å². The zero-order valence-electron chi connectivity index (χ0n) is 10.9. The van der Waals surface area contributed by atoms with Gasteiger partial charge < -0.3 is 15.2 Å². The molecule has 0 aliphatic rings. The zero-order valence-corrected chi connectivity index (χ0v) is 13.3. The minimum absolute atomic E-state index is 0.0582. The van der Waals surface area contributed by atoms with Crippen LogP contribution in [0.15, 0.2) is 34.1 Å². The topological polar surface area (TPSA) is 44.5 Å². The smallest absolute Gasteiger partial charge is 0.129 e. The van der Waals surface area contributed by atoms with Crippen LogP contribution >= 0.6 is 27.3 Å². The van der Waals surface area contributed by atoms with Crippen LogP contribution in [-0.4, -0.2) is 14.2 Å². The highest BCUT2D eigenvalue weighted by molar-refractivity contribution is 9.10. The summed E-state index contributed by atoms with van der Waals surface area (Å²) in [5.41, 5.74) is 7.35. The molecule has 102 valence electrons. The van der Waals surface area contributed by atoms with Crippen LogP contribution in [0.3, 0.4) is 0 Å². The van der Waals surface area contributed by atoms with Gasteiger partial charge in [0, 0.05) is 20.8 Å². The van der Waals surface area contributed by atoms with Crippen molar-refractivity contribution in [2.24, 2.45) is 5.73 Å². The summed E-state index contributed by atoms with van der Waals surface area (Å²) in [4.78, 5) is 1.11. The van der Waals surface area contributed by atoms with Gasteiger partial charge in [0.05, 0.1) is 14.2 Å². The van der Waals surface area contributed by atoms with E-state index in [1.165, 1.54) is 0 Å². The molecule has 3 nitrogen and oxygen atoms in total. The molecule has 2 N–H and O–H groups in total. The monoisotopic (exact) mass is 341 g/mol. The second-order valence-electron chi connectivity index (χ2n) is 4.16. The molecule has 1 aromatic carbocycles. The van der Waals surface area contributed by atoms with Crippen molar-refractivity contribution >= 4 is 27.3 Å².